The van der Waals surface area contributed by atoms with Gasteiger partial charge in [0.25, 0.3) is 5.91 Å². The standard InChI is InChI=1S/C14H18N4O2S2/c1-10-13(22-16-15-10)14(20)18-6-4-17(5-7-18)9-11(19)12-3-2-8-21-12/h2-3,8,11,19H,4-7,9H2,1H3. The van der Waals surface area contributed by atoms with Gasteiger partial charge >= 0.3 is 0 Å². The normalized spacial score (nSPS) is 17.6. The van der Waals surface area contributed by atoms with E-state index in [2.05, 4.69) is 14.5 Å². The molecule has 2 aromatic heterocycles. The Labute approximate surface area is 137 Å². The van der Waals surface area contributed by atoms with E-state index < -0.39 is 6.10 Å². The van der Waals surface area contributed by atoms with Crippen LogP contribution in [0.25, 0.3) is 0 Å². The van der Waals surface area contributed by atoms with Crippen LogP contribution in [0.4, 0.5) is 0 Å². The molecular formula is C14H18N4O2S2. The first-order valence-corrected chi connectivity index (χ1v) is 8.82. The summed E-state index contributed by atoms with van der Waals surface area (Å²) in [5, 5.41) is 16.1. The minimum Gasteiger partial charge on any atom is -0.386 e. The number of amides is 1. The molecule has 1 atom stereocenters. The molecule has 1 aliphatic rings. The first-order chi connectivity index (χ1) is 10.6. The average molecular weight is 338 g/mol. The van der Waals surface area contributed by atoms with E-state index in [-0.39, 0.29) is 5.91 Å². The number of hydrogen-bond donors (Lipinski definition) is 1. The molecule has 2 aromatic rings. The summed E-state index contributed by atoms with van der Waals surface area (Å²) >= 11 is 2.73. The lowest BCUT2D eigenvalue weighted by atomic mass is 10.2. The lowest BCUT2D eigenvalue weighted by Crippen LogP contribution is -2.49. The first kappa shape index (κ1) is 15.5. The molecule has 8 heteroatoms. The summed E-state index contributed by atoms with van der Waals surface area (Å²) in [6.07, 6.45) is -0.449. The Kier molecular flexibility index (Phi) is 4.82. The molecule has 0 saturated carbocycles. The van der Waals surface area contributed by atoms with Gasteiger partial charge in [-0.3, -0.25) is 9.69 Å². The highest BCUT2D eigenvalue weighted by atomic mass is 32.1. The van der Waals surface area contributed by atoms with E-state index in [0.717, 1.165) is 29.5 Å². The van der Waals surface area contributed by atoms with Crippen LogP contribution in [0.2, 0.25) is 0 Å². The molecule has 6 nitrogen and oxygen atoms in total. The summed E-state index contributed by atoms with van der Waals surface area (Å²) in [7, 11) is 0. The second-order valence-corrected chi connectivity index (χ2v) is 7.04. The summed E-state index contributed by atoms with van der Waals surface area (Å²) < 4.78 is 3.82. The van der Waals surface area contributed by atoms with Crippen molar-refractivity contribution < 1.29 is 9.90 Å². The van der Waals surface area contributed by atoms with Gasteiger partial charge in [0.1, 0.15) is 11.0 Å². The molecule has 1 aliphatic heterocycles. The molecule has 0 aromatic carbocycles. The zero-order chi connectivity index (χ0) is 15.5. The van der Waals surface area contributed by atoms with Crippen molar-refractivity contribution in [2.45, 2.75) is 13.0 Å². The van der Waals surface area contributed by atoms with Gasteiger partial charge in [0.15, 0.2) is 0 Å². The molecule has 0 bridgehead atoms. The highest BCUT2D eigenvalue weighted by molar-refractivity contribution is 7.10. The number of carbonyl (C=O) groups excluding carboxylic acids is 1. The Morgan fingerprint density at radius 2 is 2.18 bits per heavy atom. The molecule has 1 saturated heterocycles. The van der Waals surface area contributed by atoms with Gasteiger partial charge in [-0.1, -0.05) is 10.6 Å². The zero-order valence-electron chi connectivity index (χ0n) is 12.3. The van der Waals surface area contributed by atoms with Crippen molar-refractivity contribution >= 4 is 28.8 Å². The molecule has 118 valence electrons. The third kappa shape index (κ3) is 3.35. The Bertz CT molecular complexity index is 621. The van der Waals surface area contributed by atoms with Gasteiger partial charge in [-0.05, 0) is 29.9 Å². The number of β-amino-alcohol motifs (C(OH)–C–C–N with tert-alkyl or cyclic N) is 1. The van der Waals surface area contributed by atoms with E-state index in [0.29, 0.717) is 30.2 Å². The van der Waals surface area contributed by atoms with Crippen molar-refractivity contribution in [1.29, 1.82) is 0 Å². The van der Waals surface area contributed by atoms with Gasteiger partial charge in [-0.25, -0.2) is 0 Å². The molecule has 0 spiro atoms. The van der Waals surface area contributed by atoms with Gasteiger partial charge in [0, 0.05) is 37.6 Å². The summed E-state index contributed by atoms with van der Waals surface area (Å²) in [5.74, 6) is 0.0194. The van der Waals surface area contributed by atoms with Gasteiger partial charge in [0.2, 0.25) is 0 Å². The van der Waals surface area contributed by atoms with E-state index in [1.807, 2.05) is 29.3 Å². The van der Waals surface area contributed by atoms with E-state index in [1.165, 1.54) is 0 Å². The van der Waals surface area contributed by atoms with Crippen molar-refractivity contribution in [2.24, 2.45) is 0 Å². The van der Waals surface area contributed by atoms with Crippen molar-refractivity contribution in [1.82, 2.24) is 19.4 Å². The van der Waals surface area contributed by atoms with Gasteiger partial charge < -0.3 is 10.0 Å². The third-order valence-electron chi connectivity index (χ3n) is 3.81. The van der Waals surface area contributed by atoms with Crippen LogP contribution in [0.3, 0.4) is 0 Å². The smallest absolute Gasteiger partial charge is 0.267 e. The van der Waals surface area contributed by atoms with Crippen molar-refractivity contribution in [3.05, 3.63) is 33.0 Å². The molecule has 22 heavy (non-hydrogen) atoms. The largest absolute Gasteiger partial charge is 0.386 e. The summed E-state index contributed by atoms with van der Waals surface area (Å²) in [4.78, 5) is 18.1. The topological polar surface area (TPSA) is 69.6 Å². The Balaban J connectivity index is 1.52. The summed E-state index contributed by atoms with van der Waals surface area (Å²) in [5.41, 5.74) is 0.700. The number of hydrogen-bond acceptors (Lipinski definition) is 7. The number of aryl methyl sites for hydroxylation is 1. The fourth-order valence-corrected chi connectivity index (χ4v) is 3.85. The Hall–Kier alpha value is -1.35. The second kappa shape index (κ2) is 6.82. The van der Waals surface area contributed by atoms with Gasteiger partial charge in [0.05, 0.1) is 5.69 Å². The maximum absolute atomic E-state index is 12.4. The number of rotatable bonds is 4. The predicted molar refractivity (Wildman–Crippen MR) is 86.3 cm³/mol. The maximum Gasteiger partial charge on any atom is 0.267 e. The van der Waals surface area contributed by atoms with E-state index in [4.69, 9.17) is 0 Å². The summed E-state index contributed by atoms with van der Waals surface area (Å²) in [6, 6.07) is 3.90. The van der Waals surface area contributed by atoms with Crippen LogP contribution >= 0.6 is 22.9 Å². The number of nitrogens with zero attached hydrogens (tertiary/aromatic N) is 4. The van der Waals surface area contributed by atoms with Gasteiger partial charge in [-0.15, -0.1) is 16.4 Å². The first-order valence-electron chi connectivity index (χ1n) is 7.17. The fourth-order valence-electron chi connectivity index (χ4n) is 2.52. The molecular weight excluding hydrogens is 320 g/mol. The fraction of sp³-hybridized carbons (Fsp3) is 0.500. The van der Waals surface area contributed by atoms with E-state index in [9.17, 15) is 9.90 Å². The minimum atomic E-state index is -0.449. The number of aromatic nitrogens is 2. The molecule has 0 radical (unpaired) electrons. The van der Waals surface area contributed by atoms with E-state index in [1.54, 1.807) is 11.3 Å². The lowest BCUT2D eigenvalue weighted by molar-refractivity contribution is 0.0536. The zero-order valence-corrected chi connectivity index (χ0v) is 13.9. The second-order valence-electron chi connectivity index (χ2n) is 5.31. The number of carbonyl (C=O) groups is 1. The number of thiophene rings is 1. The van der Waals surface area contributed by atoms with Crippen molar-refractivity contribution in [2.75, 3.05) is 32.7 Å². The molecule has 1 N–H and O–H groups in total. The highest BCUT2D eigenvalue weighted by Crippen LogP contribution is 2.21. The molecule has 3 rings (SSSR count). The minimum absolute atomic E-state index is 0.0194. The average Bonchev–Trinajstić information content (AvgIpc) is 3.18. The monoisotopic (exact) mass is 338 g/mol. The molecule has 0 aliphatic carbocycles. The van der Waals surface area contributed by atoms with Crippen molar-refractivity contribution in [3.63, 3.8) is 0 Å². The van der Waals surface area contributed by atoms with Crippen LogP contribution in [0.5, 0.6) is 0 Å². The SMILES string of the molecule is Cc1nnsc1C(=O)N1CCN(CC(O)c2cccs2)CC1. The number of piperazine rings is 1. The Morgan fingerprint density at radius 3 is 2.77 bits per heavy atom. The number of aliphatic hydroxyl groups excluding tert-OH is 1. The molecule has 1 unspecified atom stereocenters. The van der Waals surface area contributed by atoms with Crippen LogP contribution in [0.1, 0.15) is 26.3 Å². The van der Waals surface area contributed by atoms with Crippen LogP contribution in [0, 0.1) is 6.92 Å². The van der Waals surface area contributed by atoms with E-state index >= 15 is 0 Å². The lowest BCUT2D eigenvalue weighted by Gasteiger charge is -2.35. The predicted octanol–water partition coefficient (Wildman–Crippen LogP) is 1.40. The van der Waals surface area contributed by atoms with Crippen LogP contribution < -0.4 is 0 Å². The van der Waals surface area contributed by atoms with Crippen LogP contribution in [-0.2, 0) is 0 Å². The third-order valence-corrected chi connectivity index (χ3v) is 5.60. The highest BCUT2D eigenvalue weighted by Gasteiger charge is 2.26. The molecule has 1 amide bonds. The van der Waals surface area contributed by atoms with Crippen LogP contribution in [-0.4, -0.2) is 63.1 Å². The quantitative estimate of drug-likeness (QED) is 0.912. The maximum atomic E-state index is 12.4. The number of aliphatic hydroxyl groups is 1. The summed E-state index contributed by atoms with van der Waals surface area (Å²) in [6.45, 7) is 5.33. The molecule has 1 fully saturated rings. The molecule has 3 heterocycles. The van der Waals surface area contributed by atoms with Crippen LogP contribution in [0.15, 0.2) is 17.5 Å². The van der Waals surface area contributed by atoms with Crippen molar-refractivity contribution in [3.8, 4) is 0 Å². The Morgan fingerprint density at radius 1 is 1.41 bits per heavy atom. The van der Waals surface area contributed by atoms with Gasteiger partial charge in [-0.2, -0.15) is 0 Å².